The lowest BCUT2D eigenvalue weighted by atomic mass is 9.83. The molecule has 0 fully saturated rings. The second kappa shape index (κ2) is 9.82. The van der Waals surface area contributed by atoms with Crippen molar-refractivity contribution in [2.45, 2.75) is 32.8 Å². The van der Waals surface area contributed by atoms with Gasteiger partial charge in [0.05, 0.1) is 26.7 Å². The molecule has 0 saturated heterocycles. The minimum atomic E-state index is -1.23. The van der Waals surface area contributed by atoms with Crippen molar-refractivity contribution >= 4 is 11.9 Å². The molecule has 0 amide bonds. The van der Waals surface area contributed by atoms with Crippen LogP contribution < -0.4 is 9.47 Å². The van der Waals surface area contributed by atoms with Gasteiger partial charge in [0.15, 0.2) is 11.5 Å². The first-order valence-electron chi connectivity index (χ1n) is 9.17. The van der Waals surface area contributed by atoms with E-state index in [0.717, 1.165) is 5.56 Å². The molecule has 156 valence electrons. The van der Waals surface area contributed by atoms with E-state index < -0.39 is 24.0 Å². The summed E-state index contributed by atoms with van der Waals surface area (Å²) >= 11 is 0. The Morgan fingerprint density at radius 3 is 2.24 bits per heavy atom. The minimum absolute atomic E-state index is 0.0861. The molecule has 2 aromatic carbocycles. The van der Waals surface area contributed by atoms with Crippen molar-refractivity contribution in [1.29, 1.82) is 0 Å². The molecule has 0 aliphatic carbocycles. The third kappa shape index (κ3) is 5.19. The van der Waals surface area contributed by atoms with Gasteiger partial charge in [-0.15, -0.1) is 0 Å². The molecule has 2 rings (SSSR count). The van der Waals surface area contributed by atoms with Gasteiger partial charge >= 0.3 is 11.9 Å². The molecule has 0 radical (unpaired) electrons. The second-order valence-electron chi connectivity index (χ2n) is 6.41. The monoisotopic (exact) mass is 402 g/mol. The normalized spacial score (nSPS) is 12.6. The van der Waals surface area contributed by atoms with E-state index in [4.69, 9.17) is 18.9 Å². The van der Waals surface area contributed by atoms with Crippen LogP contribution in [0.25, 0.3) is 0 Å². The first-order chi connectivity index (χ1) is 13.8. The van der Waals surface area contributed by atoms with Crippen LogP contribution in [0.15, 0.2) is 36.4 Å². The highest BCUT2D eigenvalue weighted by molar-refractivity contribution is 5.81. The molecule has 0 bridgehead atoms. The summed E-state index contributed by atoms with van der Waals surface area (Å²) in [6.45, 7) is 4.87. The lowest BCUT2D eigenvalue weighted by molar-refractivity contribution is -0.167. The Balaban J connectivity index is 2.67. The number of aromatic hydroxyl groups is 1. The van der Waals surface area contributed by atoms with Crippen molar-refractivity contribution in [2.75, 3.05) is 20.8 Å². The first-order valence-corrected chi connectivity index (χ1v) is 9.17. The number of phenolic OH excluding ortho intramolecular Hbond substituents is 1. The molecular formula is C22H26O7. The molecule has 0 aliphatic heterocycles. The number of carbonyl (C=O) groups excluding carboxylic acids is 2. The number of phenols is 1. The van der Waals surface area contributed by atoms with Crippen LogP contribution in [0.3, 0.4) is 0 Å². The predicted molar refractivity (Wildman–Crippen MR) is 106 cm³/mol. The van der Waals surface area contributed by atoms with Gasteiger partial charge in [-0.25, -0.2) is 4.79 Å². The standard InChI is InChI=1S/C22H26O7/c1-6-28-22(25)21(29-14(3)23)20(15-7-9-16(26-4)10-8-15)17-12-18(24)19(27-5)11-13(17)2/h7-12,20-21,24H,6H2,1-5H3/t20-,21-/m1/s1. The van der Waals surface area contributed by atoms with Crippen LogP contribution in [0, 0.1) is 6.92 Å². The fourth-order valence-electron chi connectivity index (χ4n) is 3.17. The van der Waals surface area contributed by atoms with E-state index in [-0.39, 0.29) is 12.4 Å². The number of methoxy groups -OCH3 is 2. The van der Waals surface area contributed by atoms with E-state index in [2.05, 4.69) is 0 Å². The molecule has 2 atom stereocenters. The van der Waals surface area contributed by atoms with Crippen molar-refractivity contribution in [3.63, 3.8) is 0 Å². The summed E-state index contributed by atoms with van der Waals surface area (Å²) in [7, 11) is 3.01. The molecule has 0 aliphatic rings. The maximum absolute atomic E-state index is 12.7. The number of hydrogen-bond donors (Lipinski definition) is 1. The average molecular weight is 402 g/mol. The molecule has 0 aromatic heterocycles. The van der Waals surface area contributed by atoms with E-state index in [1.807, 2.05) is 6.92 Å². The highest BCUT2D eigenvalue weighted by atomic mass is 16.6. The van der Waals surface area contributed by atoms with Crippen molar-refractivity contribution < 1.29 is 33.6 Å². The zero-order valence-electron chi connectivity index (χ0n) is 17.2. The molecule has 0 unspecified atom stereocenters. The van der Waals surface area contributed by atoms with Crippen LogP contribution in [0.4, 0.5) is 0 Å². The van der Waals surface area contributed by atoms with Crippen LogP contribution >= 0.6 is 0 Å². The maximum atomic E-state index is 12.7. The van der Waals surface area contributed by atoms with E-state index in [9.17, 15) is 14.7 Å². The highest BCUT2D eigenvalue weighted by Crippen LogP contribution is 2.38. The molecule has 7 heteroatoms. The minimum Gasteiger partial charge on any atom is -0.504 e. The number of esters is 2. The molecule has 0 saturated carbocycles. The third-order valence-corrected chi connectivity index (χ3v) is 4.49. The van der Waals surface area contributed by atoms with Crippen molar-refractivity contribution in [1.82, 2.24) is 0 Å². The van der Waals surface area contributed by atoms with Gasteiger partial charge in [-0.05, 0) is 54.8 Å². The summed E-state index contributed by atoms with van der Waals surface area (Å²) in [4.78, 5) is 24.5. The number of carbonyl (C=O) groups is 2. The van der Waals surface area contributed by atoms with Gasteiger partial charge in [0.25, 0.3) is 0 Å². The summed E-state index contributed by atoms with van der Waals surface area (Å²) < 4.78 is 20.9. The number of aryl methyl sites for hydroxylation is 1. The summed E-state index contributed by atoms with van der Waals surface area (Å²) in [6.07, 6.45) is -1.23. The van der Waals surface area contributed by atoms with E-state index in [0.29, 0.717) is 22.6 Å². The smallest absolute Gasteiger partial charge is 0.348 e. The van der Waals surface area contributed by atoms with Crippen LogP contribution in [-0.4, -0.2) is 44.0 Å². The Morgan fingerprint density at radius 1 is 1.07 bits per heavy atom. The van der Waals surface area contributed by atoms with E-state index in [1.54, 1.807) is 44.4 Å². The van der Waals surface area contributed by atoms with Gasteiger partial charge in [-0.3, -0.25) is 4.79 Å². The molecule has 0 heterocycles. The lowest BCUT2D eigenvalue weighted by Gasteiger charge is -2.27. The molecule has 1 N–H and O–H groups in total. The van der Waals surface area contributed by atoms with Gasteiger partial charge in [0, 0.05) is 6.92 Å². The summed E-state index contributed by atoms with van der Waals surface area (Å²) in [6, 6.07) is 10.2. The van der Waals surface area contributed by atoms with Gasteiger partial charge in [0.1, 0.15) is 5.75 Å². The topological polar surface area (TPSA) is 91.3 Å². The number of ether oxygens (including phenoxy) is 4. The summed E-state index contributed by atoms with van der Waals surface area (Å²) in [5, 5.41) is 10.3. The molecular weight excluding hydrogens is 376 g/mol. The third-order valence-electron chi connectivity index (χ3n) is 4.49. The van der Waals surface area contributed by atoms with Crippen molar-refractivity contribution in [3.8, 4) is 17.2 Å². The van der Waals surface area contributed by atoms with Gasteiger partial charge in [-0.1, -0.05) is 12.1 Å². The quantitative estimate of drug-likeness (QED) is 0.677. The Labute approximate surface area is 170 Å². The first kappa shape index (κ1) is 22.1. The maximum Gasteiger partial charge on any atom is 0.348 e. The van der Waals surface area contributed by atoms with Crippen LogP contribution in [-0.2, 0) is 19.1 Å². The predicted octanol–water partition coefficient (Wildman–Crippen LogP) is 3.34. The number of hydrogen-bond acceptors (Lipinski definition) is 7. The van der Waals surface area contributed by atoms with Crippen molar-refractivity contribution in [2.24, 2.45) is 0 Å². The largest absolute Gasteiger partial charge is 0.504 e. The van der Waals surface area contributed by atoms with Crippen molar-refractivity contribution in [3.05, 3.63) is 53.1 Å². The Kier molecular flexibility index (Phi) is 7.47. The Hall–Kier alpha value is -3.22. The molecule has 29 heavy (non-hydrogen) atoms. The van der Waals surface area contributed by atoms with Gasteiger partial charge < -0.3 is 24.1 Å². The SMILES string of the molecule is CCOC(=O)[C@H](OC(C)=O)[C@H](c1ccc(OC)cc1)c1cc(O)c(OC)cc1C. The summed E-state index contributed by atoms with van der Waals surface area (Å²) in [5.41, 5.74) is 2.05. The molecule has 0 spiro atoms. The fraction of sp³-hybridized carbons (Fsp3) is 0.364. The zero-order valence-corrected chi connectivity index (χ0v) is 17.2. The van der Waals surface area contributed by atoms with Crippen LogP contribution in [0.1, 0.15) is 36.5 Å². The molecule has 7 nitrogen and oxygen atoms in total. The second-order valence-corrected chi connectivity index (χ2v) is 6.41. The van der Waals surface area contributed by atoms with E-state index in [1.165, 1.54) is 20.1 Å². The van der Waals surface area contributed by atoms with E-state index >= 15 is 0 Å². The Bertz CT molecular complexity index is 858. The highest BCUT2D eigenvalue weighted by Gasteiger charge is 2.36. The Morgan fingerprint density at radius 2 is 1.72 bits per heavy atom. The molecule has 2 aromatic rings. The number of rotatable bonds is 8. The number of benzene rings is 2. The summed E-state index contributed by atoms with van der Waals surface area (Å²) in [5.74, 6) is -1.13. The van der Waals surface area contributed by atoms with Crippen LogP contribution in [0.2, 0.25) is 0 Å². The van der Waals surface area contributed by atoms with Crippen LogP contribution in [0.5, 0.6) is 17.2 Å². The lowest BCUT2D eigenvalue weighted by Crippen LogP contribution is -2.35. The van der Waals surface area contributed by atoms with Gasteiger partial charge in [-0.2, -0.15) is 0 Å². The zero-order chi connectivity index (χ0) is 21.6. The van der Waals surface area contributed by atoms with Gasteiger partial charge in [0.2, 0.25) is 6.10 Å². The fourth-order valence-corrected chi connectivity index (χ4v) is 3.17. The average Bonchev–Trinajstić information content (AvgIpc) is 2.70.